The Balaban J connectivity index is 0.00000324. The lowest BCUT2D eigenvalue weighted by Crippen LogP contribution is -2.37. The van der Waals surface area contributed by atoms with Crippen molar-refractivity contribution in [3.05, 3.63) is 35.4 Å². The molecule has 0 aromatic heterocycles. The molecular weight excluding hydrogens is 264 g/mol. The van der Waals surface area contributed by atoms with E-state index in [0.29, 0.717) is 24.1 Å². The monoisotopic (exact) mass is 284 g/mol. The summed E-state index contributed by atoms with van der Waals surface area (Å²) >= 11 is 0. The third-order valence-electron chi connectivity index (χ3n) is 2.85. The van der Waals surface area contributed by atoms with E-state index in [2.05, 4.69) is 10.6 Å². The third kappa shape index (κ3) is 5.41. The first kappa shape index (κ1) is 17.6. The van der Waals surface area contributed by atoms with Gasteiger partial charge in [0.25, 0.3) is 5.91 Å². The molecule has 106 valence electrons. The zero-order valence-corrected chi connectivity index (χ0v) is 12.3. The van der Waals surface area contributed by atoms with Crippen molar-refractivity contribution in [1.82, 2.24) is 10.6 Å². The standard InChI is InChI=1S/C14H20N2O2.ClH/c1-4-13(17)11-5-7-12(8-6-11)14(18)16-9-10(2)15-3;/h5-8,10,15H,4,9H2,1-3H3,(H,16,18);1H. The Morgan fingerprint density at radius 1 is 1.16 bits per heavy atom. The van der Waals surface area contributed by atoms with Crippen molar-refractivity contribution in [1.29, 1.82) is 0 Å². The van der Waals surface area contributed by atoms with Crippen LogP contribution in [0, 0.1) is 0 Å². The van der Waals surface area contributed by atoms with Gasteiger partial charge in [0.2, 0.25) is 0 Å². The minimum absolute atomic E-state index is 0. The van der Waals surface area contributed by atoms with Gasteiger partial charge in [-0.25, -0.2) is 0 Å². The first-order valence-electron chi connectivity index (χ1n) is 6.17. The van der Waals surface area contributed by atoms with Gasteiger partial charge < -0.3 is 10.6 Å². The number of Topliss-reactive ketones (excluding diaryl/α,β-unsaturated/α-hetero) is 1. The summed E-state index contributed by atoms with van der Waals surface area (Å²) in [5.41, 5.74) is 1.23. The van der Waals surface area contributed by atoms with Crippen LogP contribution >= 0.6 is 12.4 Å². The molecule has 0 heterocycles. The van der Waals surface area contributed by atoms with Crippen LogP contribution in [-0.4, -0.2) is 31.3 Å². The van der Waals surface area contributed by atoms with Crippen molar-refractivity contribution < 1.29 is 9.59 Å². The molecule has 0 saturated heterocycles. The van der Waals surface area contributed by atoms with Gasteiger partial charge in [-0.3, -0.25) is 9.59 Å². The van der Waals surface area contributed by atoms with Crippen LogP contribution in [-0.2, 0) is 0 Å². The molecule has 1 amide bonds. The Bertz CT molecular complexity index is 418. The molecule has 1 aromatic carbocycles. The Hall–Kier alpha value is -1.39. The number of rotatable bonds is 6. The predicted molar refractivity (Wildman–Crippen MR) is 79.2 cm³/mol. The van der Waals surface area contributed by atoms with E-state index < -0.39 is 0 Å². The van der Waals surface area contributed by atoms with Crippen molar-refractivity contribution in [3.8, 4) is 0 Å². The van der Waals surface area contributed by atoms with Gasteiger partial charge in [0, 0.05) is 30.1 Å². The van der Waals surface area contributed by atoms with E-state index in [0.717, 1.165) is 0 Å². The maximum atomic E-state index is 11.8. The molecule has 2 N–H and O–H groups in total. The molecule has 1 rings (SSSR count). The lowest BCUT2D eigenvalue weighted by molar-refractivity contribution is 0.0947. The maximum Gasteiger partial charge on any atom is 0.251 e. The van der Waals surface area contributed by atoms with Gasteiger partial charge in [0.05, 0.1) is 0 Å². The normalized spacial score (nSPS) is 11.3. The smallest absolute Gasteiger partial charge is 0.251 e. The van der Waals surface area contributed by atoms with E-state index in [-0.39, 0.29) is 30.1 Å². The molecule has 19 heavy (non-hydrogen) atoms. The number of amides is 1. The average molecular weight is 285 g/mol. The lowest BCUT2D eigenvalue weighted by atomic mass is 10.1. The summed E-state index contributed by atoms with van der Waals surface area (Å²) in [6, 6.07) is 6.99. The number of hydrogen-bond donors (Lipinski definition) is 2. The van der Waals surface area contributed by atoms with Gasteiger partial charge in [-0.15, -0.1) is 12.4 Å². The number of hydrogen-bond acceptors (Lipinski definition) is 3. The van der Waals surface area contributed by atoms with Crippen LogP contribution in [0.5, 0.6) is 0 Å². The van der Waals surface area contributed by atoms with Gasteiger partial charge in [-0.05, 0) is 26.1 Å². The van der Waals surface area contributed by atoms with Crippen LogP contribution in [0.15, 0.2) is 24.3 Å². The van der Waals surface area contributed by atoms with E-state index in [9.17, 15) is 9.59 Å². The van der Waals surface area contributed by atoms with E-state index >= 15 is 0 Å². The first-order chi connectivity index (χ1) is 8.58. The topological polar surface area (TPSA) is 58.2 Å². The molecule has 0 saturated carbocycles. The fourth-order valence-corrected chi connectivity index (χ4v) is 1.46. The van der Waals surface area contributed by atoms with E-state index in [1.807, 2.05) is 20.9 Å². The average Bonchev–Trinajstić information content (AvgIpc) is 2.43. The molecule has 0 aliphatic rings. The molecular formula is C14H21ClN2O2. The van der Waals surface area contributed by atoms with Gasteiger partial charge in [0.1, 0.15) is 0 Å². The van der Waals surface area contributed by atoms with Crippen LogP contribution in [0.25, 0.3) is 0 Å². The number of likely N-dealkylation sites (N-methyl/N-ethyl adjacent to an activating group) is 1. The Labute approximate surface area is 120 Å². The summed E-state index contributed by atoms with van der Waals surface area (Å²) < 4.78 is 0. The summed E-state index contributed by atoms with van der Waals surface area (Å²) in [5.74, 6) is -0.0293. The van der Waals surface area contributed by atoms with Crippen LogP contribution < -0.4 is 10.6 Å². The van der Waals surface area contributed by atoms with Crippen LogP contribution in [0.2, 0.25) is 0 Å². The lowest BCUT2D eigenvalue weighted by Gasteiger charge is -2.11. The zero-order chi connectivity index (χ0) is 13.5. The highest BCUT2D eigenvalue weighted by Gasteiger charge is 2.08. The molecule has 0 aliphatic carbocycles. The number of halogens is 1. The SMILES string of the molecule is CCC(=O)c1ccc(C(=O)NCC(C)NC)cc1.Cl. The summed E-state index contributed by atoms with van der Waals surface area (Å²) in [6.07, 6.45) is 0.477. The second kappa shape index (κ2) is 8.67. The summed E-state index contributed by atoms with van der Waals surface area (Å²) in [6.45, 7) is 4.39. The second-order valence-electron chi connectivity index (χ2n) is 4.25. The van der Waals surface area contributed by atoms with E-state index in [1.54, 1.807) is 24.3 Å². The van der Waals surface area contributed by atoms with Crippen molar-refractivity contribution in [2.45, 2.75) is 26.3 Å². The number of ketones is 1. The molecule has 0 radical (unpaired) electrons. The minimum atomic E-state index is -0.118. The molecule has 4 nitrogen and oxygen atoms in total. The van der Waals surface area contributed by atoms with Crippen molar-refractivity contribution in [3.63, 3.8) is 0 Å². The summed E-state index contributed by atoms with van der Waals surface area (Å²) in [5, 5.41) is 5.87. The van der Waals surface area contributed by atoms with Crippen LogP contribution in [0.1, 0.15) is 41.0 Å². The minimum Gasteiger partial charge on any atom is -0.350 e. The first-order valence-corrected chi connectivity index (χ1v) is 6.17. The van der Waals surface area contributed by atoms with E-state index in [4.69, 9.17) is 0 Å². The summed E-state index contributed by atoms with van der Waals surface area (Å²) in [4.78, 5) is 23.2. The van der Waals surface area contributed by atoms with Crippen molar-refractivity contribution >= 4 is 24.1 Å². The number of benzene rings is 1. The number of nitrogens with one attached hydrogen (secondary N) is 2. The Kier molecular flexibility index (Phi) is 8.03. The zero-order valence-electron chi connectivity index (χ0n) is 11.5. The van der Waals surface area contributed by atoms with Crippen molar-refractivity contribution in [2.24, 2.45) is 0 Å². The van der Waals surface area contributed by atoms with E-state index in [1.165, 1.54) is 0 Å². The molecule has 0 fully saturated rings. The highest BCUT2D eigenvalue weighted by molar-refractivity contribution is 5.98. The van der Waals surface area contributed by atoms with Crippen molar-refractivity contribution in [2.75, 3.05) is 13.6 Å². The quantitative estimate of drug-likeness (QED) is 0.786. The molecule has 1 unspecified atom stereocenters. The fourth-order valence-electron chi connectivity index (χ4n) is 1.46. The molecule has 0 spiro atoms. The Morgan fingerprint density at radius 3 is 2.16 bits per heavy atom. The highest BCUT2D eigenvalue weighted by atomic mass is 35.5. The van der Waals surface area contributed by atoms with Gasteiger partial charge in [-0.1, -0.05) is 19.1 Å². The largest absolute Gasteiger partial charge is 0.350 e. The third-order valence-corrected chi connectivity index (χ3v) is 2.85. The van der Waals surface area contributed by atoms with Crippen LogP contribution in [0.4, 0.5) is 0 Å². The number of carbonyl (C=O) groups excluding carboxylic acids is 2. The number of carbonyl (C=O) groups is 2. The highest BCUT2D eigenvalue weighted by Crippen LogP contribution is 2.06. The van der Waals surface area contributed by atoms with Gasteiger partial charge >= 0.3 is 0 Å². The van der Waals surface area contributed by atoms with Crippen LogP contribution in [0.3, 0.4) is 0 Å². The second-order valence-corrected chi connectivity index (χ2v) is 4.25. The van der Waals surface area contributed by atoms with Gasteiger partial charge in [-0.2, -0.15) is 0 Å². The fraction of sp³-hybridized carbons (Fsp3) is 0.429. The molecule has 0 aliphatic heterocycles. The maximum absolute atomic E-state index is 11.8. The van der Waals surface area contributed by atoms with Gasteiger partial charge in [0.15, 0.2) is 5.78 Å². The summed E-state index contributed by atoms with van der Waals surface area (Å²) in [7, 11) is 1.85. The molecule has 1 atom stereocenters. The predicted octanol–water partition coefficient (Wildman–Crippen LogP) is 2.04. The molecule has 1 aromatic rings. The molecule has 0 bridgehead atoms. The Morgan fingerprint density at radius 2 is 1.68 bits per heavy atom. The molecule has 5 heteroatoms.